The molecule has 1 aromatic rings. The lowest BCUT2D eigenvalue weighted by Gasteiger charge is -2.33. The molecule has 0 saturated heterocycles. The lowest BCUT2D eigenvalue weighted by molar-refractivity contribution is -0.133. The molecule has 3 rings (SSSR count). The van der Waals surface area contributed by atoms with Crippen molar-refractivity contribution >= 4 is 5.97 Å². The molecule has 1 heterocycles. The summed E-state index contributed by atoms with van der Waals surface area (Å²) in [5.74, 6) is 0.609. The normalized spacial score (nSPS) is 21.9. The zero-order chi connectivity index (χ0) is 15.5. The van der Waals surface area contributed by atoms with Crippen molar-refractivity contribution in [2.24, 2.45) is 0 Å². The standard InChI is InChI=1S/C18H23NO3/c1-22-16-8-7-13-4-2-5-14(17(13)10-16)11-19-9-3-6-15(12-19)18(20)21/h6-8,10,14H,2-5,9,11-12H2,1H3,(H,20,21). The maximum atomic E-state index is 11.2. The minimum absolute atomic E-state index is 0.479. The van der Waals surface area contributed by atoms with E-state index in [0.717, 1.165) is 31.7 Å². The largest absolute Gasteiger partial charge is 0.497 e. The maximum absolute atomic E-state index is 11.2. The van der Waals surface area contributed by atoms with Crippen LogP contribution in [0.2, 0.25) is 0 Å². The van der Waals surface area contributed by atoms with Gasteiger partial charge in [0.2, 0.25) is 0 Å². The minimum Gasteiger partial charge on any atom is -0.497 e. The number of carbonyl (C=O) groups is 1. The summed E-state index contributed by atoms with van der Waals surface area (Å²) in [6.45, 7) is 2.45. The highest BCUT2D eigenvalue weighted by Gasteiger charge is 2.25. The Labute approximate surface area is 131 Å². The van der Waals surface area contributed by atoms with Crippen molar-refractivity contribution in [3.63, 3.8) is 0 Å². The van der Waals surface area contributed by atoms with Crippen LogP contribution < -0.4 is 4.74 Å². The van der Waals surface area contributed by atoms with Gasteiger partial charge in [-0.25, -0.2) is 4.79 Å². The topological polar surface area (TPSA) is 49.8 Å². The van der Waals surface area contributed by atoms with Crippen molar-refractivity contribution in [1.82, 2.24) is 4.90 Å². The third-order valence-electron chi connectivity index (χ3n) is 4.77. The summed E-state index contributed by atoms with van der Waals surface area (Å²) < 4.78 is 5.37. The number of aryl methyl sites for hydroxylation is 1. The lowest BCUT2D eigenvalue weighted by atomic mass is 9.82. The Morgan fingerprint density at radius 1 is 1.45 bits per heavy atom. The molecule has 2 aliphatic rings. The number of methoxy groups -OCH3 is 1. The maximum Gasteiger partial charge on any atom is 0.332 e. The van der Waals surface area contributed by atoms with Crippen LogP contribution in [0, 0.1) is 0 Å². The fourth-order valence-corrected chi connectivity index (χ4v) is 3.62. The molecule has 1 N–H and O–H groups in total. The van der Waals surface area contributed by atoms with Gasteiger partial charge in [0.25, 0.3) is 0 Å². The number of carboxylic acid groups (broad SMARTS) is 1. The first-order chi connectivity index (χ1) is 10.7. The predicted octanol–water partition coefficient (Wildman–Crippen LogP) is 2.83. The van der Waals surface area contributed by atoms with Gasteiger partial charge >= 0.3 is 5.97 Å². The monoisotopic (exact) mass is 301 g/mol. The average molecular weight is 301 g/mol. The number of nitrogens with zero attached hydrogens (tertiary/aromatic N) is 1. The Hall–Kier alpha value is -1.81. The molecular weight excluding hydrogens is 278 g/mol. The molecule has 1 unspecified atom stereocenters. The molecule has 0 aromatic heterocycles. The lowest BCUT2D eigenvalue weighted by Crippen LogP contribution is -2.36. The number of fused-ring (bicyclic) bond motifs is 1. The molecule has 22 heavy (non-hydrogen) atoms. The van der Waals surface area contributed by atoms with Gasteiger partial charge in [-0.2, -0.15) is 0 Å². The quantitative estimate of drug-likeness (QED) is 0.929. The van der Waals surface area contributed by atoms with Crippen LogP contribution in [-0.2, 0) is 11.2 Å². The molecule has 0 saturated carbocycles. The zero-order valence-corrected chi connectivity index (χ0v) is 13.0. The Bertz CT molecular complexity index is 594. The molecule has 1 atom stereocenters. The van der Waals surface area contributed by atoms with Gasteiger partial charge in [0.05, 0.1) is 7.11 Å². The summed E-state index contributed by atoms with van der Waals surface area (Å²) in [6, 6.07) is 6.38. The number of hydrogen-bond acceptors (Lipinski definition) is 3. The fourth-order valence-electron chi connectivity index (χ4n) is 3.62. The van der Waals surface area contributed by atoms with E-state index >= 15 is 0 Å². The van der Waals surface area contributed by atoms with Gasteiger partial charge in [0.1, 0.15) is 5.75 Å². The molecule has 1 aromatic carbocycles. The van der Waals surface area contributed by atoms with Crippen molar-refractivity contribution in [1.29, 1.82) is 0 Å². The summed E-state index contributed by atoms with van der Waals surface area (Å²) in [5.41, 5.74) is 3.34. The summed E-state index contributed by atoms with van der Waals surface area (Å²) in [6.07, 6.45) is 6.20. The van der Waals surface area contributed by atoms with E-state index in [1.807, 2.05) is 12.1 Å². The van der Waals surface area contributed by atoms with Crippen molar-refractivity contribution < 1.29 is 14.6 Å². The fraction of sp³-hybridized carbons (Fsp3) is 0.500. The van der Waals surface area contributed by atoms with E-state index in [1.165, 1.54) is 24.0 Å². The van der Waals surface area contributed by atoms with Crippen molar-refractivity contribution in [2.75, 3.05) is 26.7 Å². The van der Waals surface area contributed by atoms with Gasteiger partial charge < -0.3 is 9.84 Å². The van der Waals surface area contributed by atoms with Crippen molar-refractivity contribution in [2.45, 2.75) is 31.6 Å². The first kappa shape index (κ1) is 15.1. The second-order valence-corrected chi connectivity index (χ2v) is 6.21. The number of ether oxygens (including phenoxy) is 1. The van der Waals surface area contributed by atoms with E-state index in [4.69, 9.17) is 4.74 Å². The molecular formula is C18H23NO3. The molecule has 0 fully saturated rings. The first-order valence-corrected chi connectivity index (χ1v) is 7.99. The summed E-state index contributed by atoms with van der Waals surface area (Å²) in [4.78, 5) is 13.4. The van der Waals surface area contributed by atoms with Gasteiger partial charge in [0.15, 0.2) is 0 Å². The number of rotatable bonds is 4. The van der Waals surface area contributed by atoms with Crippen LogP contribution in [0.5, 0.6) is 5.75 Å². The molecule has 1 aliphatic heterocycles. The predicted molar refractivity (Wildman–Crippen MR) is 85.4 cm³/mol. The molecule has 1 aliphatic carbocycles. The van der Waals surface area contributed by atoms with Crippen LogP contribution in [0.4, 0.5) is 0 Å². The second-order valence-electron chi connectivity index (χ2n) is 6.21. The van der Waals surface area contributed by atoms with Gasteiger partial charge in [-0.1, -0.05) is 12.1 Å². The Morgan fingerprint density at radius 3 is 3.09 bits per heavy atom. The summed E-state index contributed by atoms with van der Waals surface area (Å²) in [7, 11) is 1.70. The Balaban J connectivity index is 1.75. The van der Waals surface area contributed by atoms with E-state index in [9.17, 15) is 9.90 Å². The molecule has 0 spiro atoms. The van der Waals surface area contributed by atoms with Gasteiger partial charge in [-0.3, -0.25) is 4.90 Å². The number of hydrogen-bond donors (Lipinski definition) is 1. The van der Waals surface area contributed by atoms with Crippen LogP contribution in [0.15, 0.2) is 29.8 Å². The van der Waals surface area contributed by atoms with E-state index in [1.54, 1.807) is 7.11 Å². The molecule has 118 valence electrons. The summed E-state index contributed by atoms with van der Waals surface area (Å²) in [5, 5.41) is 9.18. The van der Waals surface area contributed by atoms with Gasteiger partial charge in [0, 0.05) is 25.2 Å². The smallest absolute Gasteiger partial charge is 0.332 e. The van der Waals surface area contributed by atoms with E-state index in [-0.39, 0.29) is 0 Å². The van der Waals surface area contributed by atoms with Crippen LogP contribution in [0.1, 0.15) is 36.3 Å². The summed E-state index contributed by atoms with van der Waals surface area (Å²) >= 11 is 0. The highest BCUT2D eigenvalue weighted by Crippen LogP contribution is 2.35. The van der Waals surface area contributed by atoms with E-state index in [0.29, 0.717) is 18.0 Å². The molecule has 4 heteroatoms. The average Bonchev–Trinajstić information content (AvgIpc) is 2.55. The van der Waals surface area contributed by atoms with Crippen LogP contribution in [-0.4, -0.2) is 42.7 Å². The van der Waals surface area contributed by atoms with E-state index in [2.05, 4.69) is 17.0 Å². The van der Waals surface area contributed by atoms with Crippen LogP contribution >= 0.6 is 0 Å². The minimum atomic E-state index is -0.782. The molecule has 0 amide bonds. The highest BCUT2D eigenvalue weighted by atomic mass is 16.5. The number of benzene rings is 1. The van der Waals surface area contributed by atoms with Gasteiger partial charge in [-0.15, -0.1) is 0 Å². The number of aliphatic carboxylic acids is 1. The van der Waals surface area contributed by atoms with Crippen LogP contribution in [0.3, 0.4) is 0 Å². The first-order valence-electron chi connectivity index (χ1n) is 7.99. The van der Waals surface area contributed by atoms with Crippen molar-refractivity contribution in [3.8, 4) is 5.75 Å². The third-order valence-corrected chi connectivity index (χ3v) is 4.77. The third kappa shape index (κ3) is 3.17. The zero-order valence-electron chi connectivity index (χ0n) is 13.0. The van der Waals surface area contributed by atoms with Crippen molar-refractivity contribution in [3.05, 3.63) is 41.0 Å². The second kappa shape index (κ2) is 6.53. The Morgan fingerprint density at radius 2 is 2.32 bits per heavy atom. The van der Waals surface area contributed by atoms with Crippen LogP contribution in [0.25, 0.3) is 0 Å². The molecule has 0 bridgehead atoms. The highest BCUT2D eigenvalue weighted by molar-refractivity contribution is 5.87. The van der Waals surface area contributed by atoms with E-state index < -0.39 is 5.97 Å². The molecule has 4 nitrogen and oxygen atoms in total. The Kier molecular flexibility index (Phi) is 4.48. The van der Waals surface area contributed by atoms with Gasteiger partial charge in [-0.05, 0) is 54.9 Å². The SMILES string of the molecule is COc1ccc2c(c1)C(CN1CCC=C(C(=O)O)C1)CCC2. The molecule has 0 radical (unpaired) electrons. The number of carboxylic acids is 1.